The number of hydrogen-bond donors (Lipinski definition) is 8. The molecule has 1 aromatic carbocycles. The number of hydrogen-bond acceptors (Lipinski definition) is 11. The molecule has 11 nitrogen and oxygen atoms in total. The molecule has 3 aliphatic rings. The fraction of sp³-hybridized carbons (Fsp3) is 0.421. The van der Waals surface area contributed by atoms with Gasteiger partial charge in [-0.05, 0) is 12.1 Å². The molecule has 1 aromatic rings. The van der Waals surface area contributed by atoms with Gasteiger partial charge in [0.15, 0.2) is 17.3 Å². The number of carbonyl (C=O) groups excluding carboxylic acids is 1. The average molecular weight is 424 g/mol. The Kier molecular flexibility index (Phi) is 4.87. The van der Waals surface area contributed by atoms with Crippen molar-refractivity contribution in [3.8, 4) is 17.2 Å². The Hall–Kier alpha value is -2.83. The molecule has 1 saturated heterocycles. The molecule has 7 atom stereocenters. The van der Waals surface area contributed by atoms with E-state index in [1.807, 2.05) is 0 Å². The second-order valence-corrected chi connectivity index (χ2v) is 7.36. The summed E-state index contributed by atoms with van der Waals surface area (Å²) in [6.07, 6.45) is -8.13. The number of fused-ring (bicyclic) bond motifs is 2. The van der Waals surface area contributed by atoms with Crippen LogP contribution in [0, 0.1) is 5.92 Å². The predicted octanol–water partition coefficient (Wildman–Crippen LogP) is -1.23. The van der Waals surface area contributed by atoms with Gasteiger partial charge in [-0.2, -0.15) is 0 Å². The van der Waals surface area contributed by atoms with Gasteiger partial charge in [0.2, 0.25) is 0 Å². The minimum Gasteiger partial charge on any atom is -0.511 e. The first-order chi connectivity index (χ1) is 14.1. The summed E-state index contributed by atoms with van der Waals surface area (Å²) in [4.78, 5) is 13.0. The Morgan fingerprint density at radius 2 is 1.60 bits per heavy atom. The number of aliphatic hydroxyl groups excluding tert-OH is 6. The zero-order chi connectivity index (χ0) is 21.9. The highest BCUT2D eigenvalue weighted by Gasteiger charge is 2.50. The summed E-state index contributed by atoms with van der Waals surface area (Å²) in [5.41, 5.74) is -0.530. The number of ketones is 1. The first kappa shape index (κ1) is 20.4. The van der Waals surface area contributed by atoms with Gasteiger partial charge in [-0.25, -0.2) is 0 Å². The van der Waals surface area contributed by atoms with Crippen molar-refractivity contribution in [3.63, 3.8) is 0 Å². The lowest BCUT2D eigenvalue weighted by Gasteiger charge is -2.42. The predicted molar refractivity (Wildman–Crippen MR) is 96.1 cm³/mol. The van der Waals surface area contributed by atoms with Crippen molar-refractivity contribution < 1.29 is 55.1 Å². The van der Waals surface area contributed by atoms with E-state index in [2.05, 4.69) is 0 Å². The highest BCUT2D eigenvalue weighted by atomic mass is 16.5. The first-order valence-corrected chi connectivity index (χ1v) is 9.07. The fourth-order valence-electron chi connectivity index (χ4n) is 3.96. The number of carbonyl (C=O) groups is 1. The van der Waals surface area contributed by atoms with Crippen LogP contribution in [0.2, 0.25) is 0 Å². The lowest BCUT2D eigenvalue weighted by molar-refractivity contribution is -0.220. The monoisotopic (exact) mass is 424 g/mol. The van der Waals surface area contributed by atoms with Crippen LogP contribution in [0.15, 0.2) is 35.3 Å². The molecule has 0 bridgehead atoms. The van der Waals surface area contributed by atoms with Gasteiger partial charge in [-0.3, -0.25) is 4.79 Å². The van der Waals surface area contributed by atoms with Crippen molar-refractivity contribution in [2.24, 2.45) is 5.92 Å². The molecule has 0 aromatic heterocycles. The second-order valence-electron chi connectivity index (χ2n) is 7.36. The number of aromatic hydroxyl groups is 2. The largest absolute Gasteiger partial charge is 0.511 e. The lowest BCUT2D eigenvalue weighted by Crippen LogP contribution is -2.59. The summed E-state index contributed by atoms with van der Waals surface area (Å²) in [6.45, 7) is -0.718. The van der Waals surface area contributed by atoms with Crippen molar-refractivity contribution in [3.05, 3.63) is 40.9 Å². The molecule has 162 valence electrons. The molecule has 1 aliphatic carbocycles. The minimum atomic E-state index is -1.79. The average Bonchev–Trinajstić information content (AvgIpc) is 2.69. The minimum absolute atomic E-state index is 0.0651. The van der Waals surface area contributed by atoms with Gasteiger partial charge < -0.3 is 50.3 Å². The Labute approximate surface area is 169 Å². The Balaban J connectivity index is 1.77. The number of benzene rings is 1. The standard InChI is InChI=1S/C19H20O11/c20-4-11-15(25)17(27)18(28)19(30-11)12-8(23)3-10-13(16(12)26)14(24)5-1-6(21)7(22)2-9(5)29-10/h1-3,10-11,13,15,17-23,25-28H,4H2/t10-,11+,13+,15+,17-,18+,19-/m0/s1. The van der Waals surface area contributed by atoms with E-state index in [9.17, 15) is 45.6 Å². The molecule has 30 heavy (non-hydrogen) atoms. The Morgan fingerprint density at radius 1 is 0.933 bits per heavy atom. The van der Waals surface area contributed by atoms with Crippen LogP contribution in [0.1, 0.15) is 10.4 Å². The Bertz CT molecular complexity index is 950. The highest BCUT2D eigenvalue weighted by Crippen LogP contribution is 2.44. The lowest BCUT2D eigenvalue weighted by atomic mass is 9.79. The third-order valence-electron chi connectivity index (χ3n) is 5.56. The maximum Gasteiger partial charge on any atom is 0.181 e. The van der Waals surface area contributed by atoms with Gasteiger partial charge in [0.05, 0.1) is 17.7 Å². The second kappa shape index (κ2) is 7.15. The molecule has 2 heterocycles. The van der Waals surface area contributed by atoms with E-state index in [0.717, 1.165) is 18.2 Å². The summed E-state index contributed by atoms with van der Waals surface area (Å²) in [7, 11) is 0. The van der Waals surface area contributed by atoms with E-state index in [-0.39, 0.29) is 11.3 Å². The SMILES string of the molecule is O=C1c2cc(O)c(O)cc2O[C@H]2C=C(O)C([C@@H]3O[C@H](CO)[C@@H](O)[C@H](O)[C@H]3O)=C(O)[C@@H]12. The number of ether oxygens (including phenoxy) is 2. The van der Waals surface area contributed by atoms with E-state index in [4.69, 9.17) is 9.47 Å². The quantitative estimate of drug-likeness (QED) is 0.265. The number of rotatable bonds is 2. The first-order valence-electron chi connectivity index (χ1n) is 9.07. The third kappa shape index (κ3) is 2.90. The number of aliphatic hydroxyl groups is 6. The molecule has 4 rings (SSSR count). The van der Waals surface area contributed by atoms with Gasteiger partial charge in [0.25, 0.3) is 0 Å². The van der Waals surface area contributed by atoms with Crippen molar-refractivity contribution in [1.82, 2.24) is 0 Å². The van der Waals surface area contributed by atoms with Gasteiger partial charge >= 0.3 is 0 Å². The molecule has 0 saturated carbocycles. The smallest absolute Gasteiger partial charge is 0.181 e. The highest BCUT2D eigenvalue weighted by molar-refractivity contribution is 6.04. The van der Waals surface area contributed by atoms with Gasteiger partial charge in [0, 0.05) is 6.07 Å². The summed E-state index contributed by atoms with van der Waals surface area (Å²) in [5.74, 6) is -4.53. The molecule has 0 radical (unpaired) electrons. The molecular weight excluding hydrogens is 404 g/mol. The summed E-state index contributed by atoms with van der Waals surface area (Å²) in [6, 6.07) is 2.00. The van der Waals surface area contributed by atoms with E-state index in [1.165, 1.54) is 0 Å². The van der Waals surface area contributed by atoms with Crippen molar-refractivity contribution in [2.75, 3.05) is 6.61 Å². The van der Waals surface area contributed by atoms with Crippen LogP contribution in [-0.4, -0.2) is 89.9 Å². The molecule has 1 fully saturated rings. The van der Waals surface area contributed by atoms with E-state index >= 15 is 0 Å². The number of phenols is 2. The molecular formula is C19H20O11. The third-order valence-corrected chi connectivity index (χ3v) is 5.56. The number of phenolic OH excluding ortho intramolecular Hbond substituents is 2. The van der Waals surface area contributed by atoms with Gasteiger partial charge in [-0.15, -0.1) is 0 Å². The maximum absolute atomic E-state index is 13.0. The summed E-state index contributed by atoms with van der Waals surface area (Å²) >= 11 is 0. The van der Waals surface area contributed by atoms with E-state index in [1.54, 1.807) is 0 Å². The van der Waals surface area contributed by atoms with E-state index < -0.39 is 83.5 Å². The molecule has 8 N–H and O–H groups in total. The van der Waals surface area contributed by atoms with Crippen molar-refractivity contribution in [2.45, 2.75) is 36.6 Å². The topological polar surface area (TPSA) is 197 Å². The van der Waals surface area contributed by atoms with E-state index in [0.29, 0.717) is 0 Å². The number of Topliss-reactive ketones (excluding diaryl/α,β-unsaturated/α-hetero) is 1. The normalized spacial score (nSPS) is 35.9. The van der Waals surface area contributed by atoms with Crippen LogP contribution in [0.25, 0.3) is 0 Å². The molecule has 0 spiro atoms. The zero-order valence-corrected chi connectivity index (χ0v) is 15.3. The molecule has 0 unspecified atom stereocenters. The van der Waals surface area contributed by atoms with Gasteiger partial charge in [0.1, 0.15) is 59.8 Å². The van der Waals surface area contributed by atoms with Crippen LogP contribution in [0.5, 0.6) is 17.2 Å². The van der Waals surface area contributed by atoms with Crippen LogP contribution < -0.4 is 4.74 Å². The Morgan fingerprint density at radius 3 is 2.27 bits per heavy atom. The van der Waals surface area contributed by atoms with Crippen molar-refractivity contribution >= 4 is 5.78 Å². The van der Waals surface area contributed by atoms with Crippen LogP contribution in [0.4, 0.5) is 0 Å². The molecule has 0 amide bonds. The molecule has 11 heteroatoms. The van der Waals surface area contributed by atoms with Crippen LogP contribution >= 0.6 is 0 Å². The van der Waals surface area contributed by atoms with Crippen molar-refractivity contribution in [1.29, 1.82) is 0 Å². The fourth-order valence-corrected chi connectivity index (χ4v) is 3.96. The van der Waals surface area contributed by atoms with Crippen LogP contribution in [-0.2, 0) is 4.74 Å². The van der Waals surface area contributed by atoms with Crippen LogP contribution in [0.3, 0.4) is 0 Å². The molecule has 2 aliphatic heterocycles. The zero-order valence-electron chi connectivity index (χ0n) is 15.3. The summed E-state index contributed by atoms with van der Waals surface area (Å²) in [5, 5.41) is 80.2. The maximum atomic E-state index is 13.0. The summed E-state index contributed by atoms with van der Waals surface area (Å²) < 4.78 is 10.9. The van der Waals surface area contributed by atoms with Gasteiger partial charge in [-0.1, -0.05) is 0 Å².